The van der Waals surface area contributed by atoms with Crippen LogP contribution in [0.15, 0.2) is 12.2 Å². The first kappa shape index (κ1) is 81.2. The third-order valence-corrected chi connectivity index (χ3v) is 17.0. The Morgan fingerprint density at radius 3 is 1.48 bits per heavy atom. The number of rotatable bonds is 19. The smallest absolute Gasteiger partial charge is 0.246 e. The summed E-state index contributed by atoms with van der Waals surface area (Å²) in [6, 6.07) is -12.8. The van der Waals surface area contributed by atoms with Gasteiger partial charge in [-0.1, -0.05) is 95.2 Å². The van der Waals surface area contributed by atoms with Gasteiger partial charge in [0.25, 0.3) is 0 Å². The van der Waals surface area contributed by atoms with E-state index in [0.717, 1.165) is 14.7 Å². The SMILES string of the molecule is CC=CC[C@@H](C)[C@@H](O)[C@H]1C(=O)N[C@@H](CC)C(=O)N(C)CC(=O)N(C)[C@@H]([C@@H](C)OCCCCS)C(=O)N[C@@H](C(C)C)C(=O)N(C)[C@@H](CC(C)C)C(=O)N[C@@H](C)C(=O)N[C@H](C)C(=O)N(C)[C@@H](CC(C)C)C(=O)N(C)[C@@H](CC(C)C)C(=O)N(C)[C@@H](C(C)C)C(=O)N1C. The maximum absolute atomic E-state index is 15.2. The Labute approximate surface area is 537 Å². The number of likely N-dealkylation sites (N-methyl/N-ethyl adjacent to an activating group) is 7. The van der Waals surface area contributed by atoms with Gasteiger partial charge in [0.15, 0.2) is 0 Å². The van der Waals surface area contributed by atoms with E-state index >= 15 is 9.59 Å². The fourth-order valence-electron chi connectivity index (χ4n) is 11.0. The van der Waals surface area contributed by atoms with Gasteiger partial charge in [-0.25, -0.2) is 0 Å². The van der Waals surface area contributed by atoms with Crippen LogP contribution in [0.25, 0.3) is 0 Å². The Hall–Kier alpha value is -5.82. The fourth-order valence-corrected chi connectivity index (χ4v) is 11.3. The predicted octanol–water partition coefficient (Wildman–Crippen LogP) is 3.34. The summed E-state index contributed by atoms with van der Waals surface area (Å²) in [6.07, 6.45) is 3.09. The molecule has 0 radical (unpaired) electrons. The third-order valence-electron chi connectivity index (χ3n) is 16.7. The zero-order valence-electron chi connectivity index (χ0n) is 58.0. The zero-order chi connectivity index (χ0) is 68.8. The van der Waals surface area contributed by atoms with Crippen LogP contribution in [-0.2, 0) is 57.5 Å². The van der Waals surface area contributed by atoms with Gasteiger partial charge < -0.3 is 65.4 Å². The Morgan fingerprint density at radius 1 is 0.528 bits per heavy atom. The summed E-state index contributed by atoms with van der Waals surface area (Å²) in [4.78, 5) is 170. The van der Waals surface area contributed by atoms with Gasteiger partial charge in [0.05, 0.1) is 18.8 Å². The number of carbonyl (C=O) groups excluding carboxylic acids is 11. The van der Waals surface area contributed by atoms with Crippen molar-refractivity contribution in [3.63, 3.8) is 0 Å². The van der Waals surface area contributed by atoms with E-state index in [1.807, 2.05) is 41.5 Å². The Balaban J connectivity index is 4.38. The highest BCUT2D eigenvalue weighted by molar-refractivity contribution is 7.80. The number of carbonyl (C=O) groups is 11. The molecule has 13 atom stereocenters. The number of aliphatic hydroxyl groups is 1. The normalized spacial score (nSPS) is 26.5. The molecular weight excluding hydrogens is 1160 g/mol. The minimum atomic E-state index is -1.63. The number of amides is 11. The molecule has 0 aliphatic carbocycles. The van der Waals surface area contributed by atoms with Crippen LogP contribution in [-0.4, -0.2) is 245 Å². The Kier molecular flexibility index (Phi) is 34.8. The quantitative estimate of drug-likeness (QED) is 0.0616. The molecule has 89 heavy (non-hydrogen) atoms. The number of hydrogen-bond donors (Lipinski definition) is 6. The predicted molar refractivity (Wildman–Crippen MR) is 347 cm³/mol. The van der Waals surface area contributed by atoms with E-state index in [-0.39, 0.29) is 50.0 Å². The molecule has 1 saturated heterocycles. The highest BCUT2D eigenvalue weighted by Gasteiger charge is 2.46. The number of thiol groups is 1. The van der Waals surface area contributed by atoms with Crippen LogP contribution in [0.5, 0.6) is 0 Å². The molecule has 24 nitrogen and oxygen atoms in total. The molecule has 0 saturated carbocycles. The first-order valence-electron chi connectivity index (χ1n) is 31.8. The van der Waals surface area contributed by atoms with E-state index in [0.29, 0.717) is 25.0 Å². The van der Waals surface area contributed by atoms with E-state index in [4.69, 9.17) is 4.74 Å². The van der Waals surface area contributed by atoms with E-state index in [2.05, 4.69) is 33.9 Å². The number of nitrogens with zero attached hydrogens (tertiary/aromatic N) is 7. The summed E-state index contributed by atoms with van der Waals surface area (Å²) in [6.45, 7) is 27.2. The Morgan fingerprint density at radius 2 is 1.00 bits per heavy atom. The molecule has 1 rings (SSSR count). The summed E-state index contributed by atoms with van der Waals surface area (Å²) < 4.78 is 6.14. The first-order valence-corrected chi connectivity index (χ1v) is 32.5. The molecule has 25 heteroatoms. The van der Waals surface area contributed by atoms with Crippen molar-refractivity contribution in [2.24, 2.45) is 35.5 Å². The Bertz CT molecular complexity index is 2410. The summed E-state index contributed by atoms with van der Waals surface area (Å²) in [5.74, 6) is -9.45. The zero-order valence-corrected chi connectivity index (χ0v) is 58.9. The summed E-state index contributed by atoms with van der Waals surface area (Å²) >= 11 is 4.30. The van der Waals surface area contributed by atoms with Gasteiger partial charge in [-0.05, 0) is 114 Å². The van der Waals surface area contributed by atoms with Crippen molar-refractivity contribution in [2.75, 3.05) is 68.2 Å². The number of unbranched alkanes of at least 4 members (excludes halogenated alkanes) is 1. The second-order valence-electron chi connectivity index (χ2n) is 26.4. The van der Waals surface area contributed by atoms with Crippen molar-refractivity contribution in [1.82, 2.24) is 55.6 Å². The van der Waals surface area contributed by atoms with Crippen molar-refractivity contribution in [2.45, 2.75) is 228 Å². The molecule has 1 fully saturated rings. The number of aliphatic hydroxyl groups excluding tert-OH is 1. The third kappa shape index (κ3) is 23.4. The second-order valence-corrected chi connectivity index (χ2v) is 26.8. The second kappa shape index (κ2) is 38.1. The minimum absolute atomic E-state index is 0.00113. The average molecular weight is 1280 g/mol. The van der Waals surface area contributed by atoms with Crippen molar-refractivity contribution < 1.29 is 62.6 Å². The van der Waals surface area contributed by atoms with Gasteiger partial charge in [0.2, 0.25) is 65.0 Å². The molecule has 0 bridgehead atoms. The van der Waals surface area contributed by atoms with E-state index in [1.165, 1.54) is 82.8 Å². The number of hydrogen-bond acceptors (Lipinski definition) is 14. The monoisotopic (exact) mass is 1280 g/mol. The largest absolute Gasteiger partial charge is 0.390 e. The lowest BCUT2D eigenvalue weighted by atomic mass is 9.91. The molecule has 0 unspecified atom stereocenters. The molecular formula is C64H115N11O13S. The molecule has 0 aromatic carbocycles. The minimum Gasteiger partial charge on any atom is -0.390 e. The van der Waals surface area contributed by atoms with Crippen LogP contribution >= 0.6 is 12.6 Å². The molecule has 5 N–H and O–H groups in total. The van der Waals surface area contributed by atoms with Crippen LogP contribution in [0, 0.1) is 35.5 Å². The lowest BCUT2D eigenvalue weighted by Gasteiger charge is -2.41. The molecule has 0 aromatic heterocycles. The van der Waals surface area contributed by atoms with E-state index < -0.39 is 162 Å². The maximum Gasteiger partial charge on any atom is 0.246 e. The van der Waals surface area contributed by atoms with Crippen molar-refractivity contribution >= 4 is 77.6 Å². The van der Waals surface area contributed by atoms with Gasteiger partial charge in [0, 0.05) is 55.9 Å². The first-order chi connectivity index (χ1) is 41.3. The standard InChI is InChI=1S/C64H115N11O13S/c1-24-26-29-41(13)54(77)53-58(81)67-45(25-2)60(83)69(17)35-49(76)73(21)52(44(16)88-30-27-28-31-89)57(80)68-50(39(9)10)63(86)70(18)46(32-36(3)4)56(79)65-42(14)55(78)66-43(15)59(82)71(19)47(33-37(5)6)61(84)72(20)48(34-38(7)8)62(85)74(22)51(40(11)12)64(87)75(53)23/h24,26,36-48,50-54,77,89H,25,27-35H2,1-23H3,(H,65,79)(H,66,78)(H,67,81)(H,68,80)/t41-,42+,43-,44-,45+,46+,47+,48+,50+,51+,52+,53+,54-/m1/s1. The molecule has 510 valence electrons. The molecule has 1 heterocycles. The van der Waals surface area contributed by atoms with Crippen LogP contribution < -0.4 is 21.3 Å². The van der Waals surface area contributed by atoms with Crippen LogP contribution in [0.2, 0.25) is 0 Å². The molecule has 0 aromatic rings. The number of allylic oxidation sites excluding steroid dienone is 2. The van der Waals surface area contributed by atoms with Crippen LogP contribution in [0.3, 0.4) is 0 Å². The van der Waals surface area contributed by atoms with Crippen LogP contribution in [0.4, 0.5) is 0 Å². The van der Waals surface area contributed by atoms with Crippen LogP contribution in [0.1, 0.15) is 156 Å². The molecule has 1 aliphatic rings. The molecule has 11 amide bonds. The summed E-state index contributed by atoms with van der Waals surface area (Å²) in [7, 11) is 9.81. The lowest BCUT2D eigenvalue weighted by Crippen LogP contribution is -2.63. The van der Waals surface area contributed by atoms with Gasteiger partial charge in [-0.2, -0.15) is 12.6 Å². The van der Waals surface area contributed by atoms with Gasteiger partial charge in [0.1, 0.15) is 60.4 Å². The number of ether oxygens (including phenoxy) is 1. The van der Waals surface area contributed by atoms with Gasteiger partial charge >= 0.3 is 0 Å². The highest BCUT2D eigenvalue weighted by atomic mass is 32.1. The van der Waals surface area contributed by atoms with E-state index in [9.17, 15) is 48.3 Å². The maximum atomic E-state index is 15.2. The van der Waals surface area contributed by atoms with Crippen molar-refractivity contribution in [1.29, 1.82) is 0 Å². The van der Waals surface area contributed by atoms with Crippen molar-refractivity contribution in [3.8, 4) is 0 Å². The average Bonchev–Trinajstić information content (AvgIpc) is 0.987. The lowest BCUT2D eigenvalue weighted by molar-refractivity contribution is -0.157. The summed E-state index contributed by atoms with van der Waals surface area (Å²) in [5, 5.41) is 23.1. The summed E-state index contributed by atoms with van der Waals surface area (Å²) in [5.41, 5.74) is 0. The highest BCUT2D eigenvalue weighted by Crippen LogP contribution is 2.26. The van der Waals surface area contributed by atoms with Crippen molar-refractivity contribution in [3.05, 3.63) is 12.2 Å². The van der Waals surface area contributed by atoms with Gasteiger partial charge in [-0.15, -0.1) is 0 Å². The molecule has 0 spiro atoms. The topological polar surface area (TPSA) is 288 Å². The van der Waals surface area contributed by atoms with E-state index in [1.54, 1.807) is 67.5 Å². The fraction of sp³-hybridized carbons (Fsp3) is 0.797. The molecule has 1 aliphatic heterocycles. The van der Waals surface area contributed by atoms with Gasteiger partial charge in [-0.3, -0.25) is 52.7 Å². The number of nitrogens with one attached hydrogen (secondary N) is 4.